The highest BCUT2D eigenvalue weighted by molar-refractivity contribution is 5.76. The van der Waals surface area contributed by atoms with Crippen LogP contribution in [-0.2, 0) is 4.79 Å². The van der Waals surface area contributed by atoms with Crippen LogP contribution in [0.2, 0.25) is 0 Å². The molecule has 2 atom stereocenters. The number of carbonyl (C=O) groups is 1. The van der Waals surface area contributed by atoms with Gasteiger partial charge in [-0.1, -0.05) is 42.8 Å². The maximum atomic E-state index is 11.3. The van der Waals surface area contributed by atoms with E-state index in [1.165, 1.54) is 11.1 Å². The molecule has 0 aliphatic heterocycles. The Bertz CT molecular complexity index is 505. The minimum absolute atomic E-state index is 0.0219. The van der Waals surface area contributed by atoms with E-state index in [1.54, 1.807) is 6.92 Å². The zero-order valence-corrected chi connectivity index (χ0v) is 11.8. The fourth-order valence-corrected chi connectivity index (χ4v) is 2.73. The zero-order chi connectivity index (χ0) is 14.0. The first-order chi connectivity index (χ1) is 9.00. The smallest absolute Gasteiger partial charge is 0.307 e. The summed E-state index contributed by atoms with van der Waals surface area (Å²) in [5.41, 5.74) is 3.57. The van der Waals surface area contributed by atoms with Gasteiger partial charge in [0.25, 0.3) is 0 Å². The Morgan fingerprint density at radius 3 is 2.68 bits per heavy atom. The third-order valence-electron chi connectivity index (χ3n) is 3.81. The molecule has 0 amide bonds. The van der Waals surface area contributed by atoms with Crippen LogP contribution in [0.25, 0.3) is 6.08 Å². The van der Waals surface area contributed by atoms with Crippen molar-refractivity contribution in [3.05, 3.63) is 41.0 Å². The Labute approximate surface area is 114 Å². The summed E-state index contributed by atoms with van der Waals surface area (Å²) in [5.74, 6) is -1.08. The van der Waals surface area contributed by atoms with Crippen LogP contribution in [0.1, 0.15) is 30.4 Å². The summed E-state index contributed by atoms with van der Waals surface area (Å²) in [6.07, 6.45) is 3.09. The number of benzene rings is 1. The van der Waals surface area contributed by atoms with E-state index in [0.29, 0.717) is 0 Å². The van der Waals surface area contributed by atoms with Gasteiger partial charge in [0.2, 0.25) is 0 Å². The highest BCUT2D eigenvalue weighted by Crippen LogP contribution is 2.42. The van der Waals surface area contributed by atoms with Crippen LogP contribution in [0, 0.1) is 5.92 Å². The largest absolute Gasteiger partial charge is 0.481 e. The normalized spacial score (nSPS) is 19.2. The van der Waals surface area contributed by atoms with Gasteiger partial charge < -0.3 is 10.0 Å². The van der Waals surface area contributed by atoms with E-state index >= 15 is 0 Å². The number of carboxylic acids is 1. The third kappa shape index (κ3) is 2.87. The van der Waals surface area contributed by atoms with E-state index in [0.717, 1.165) is 18.5 Å². The molecule has 3 heteroatoms. The SMILES string of the molecule is CC(C(=O)O)C1C(CCN(C)C)=Cc2ccccc21. The van der Waals surface area contributed by atoms with Gasteiger partial charge in [0, 0.05) is 12.5 Å². The maximum absolute atomic E-state index is 11.3. The molecule has 0 bridgehead atoms. The van der Waals surface area contributed by atoms with Crippen molar-refractivity contribution in [2.75, 3.05) is 20.6 Å². The Balaban J connectivity index is 2.29. The summed E-state index contributed by atoms with van der Waals surface area (Å²) in [6, 6.07) is 8.12. The highest BCUT2D eigenvalue weighted by Gasteiger charge is 2.32. The fraction of sp³-hybridized carbons (Fsp3) is 0.438. The van der Waals surface area contributed by atoms with Crippen LogP contribution in [-0.4, -0.2) is 36.6 Å². The molecule has 1 aliphatic carbocycles. The lowest BCUT2D eigenvalue weighted by atomic mass is 9.83. The van der Waals surface area contributed by atoms with Crippen LogP contribution >= 0.6 is 0 Å². The molecule has 1 aromatic rings. The van der Waals surface area contributed by atoms with Crippen LogP contribution in [0.5, 0.6) is 0 Å². The number of fused-ring (bicyclic) bond motifs is 1. The molecule has 0 fully saturated rings. The van der Waals surface area contributed by atoms with Gasteiger partial charge in [-0.05, 0) is 31.6 Å². The molecular weight excluding hydrogens is 238 g/mol. The number of aliphatic carboxylic acids is 1. The zero-order valence-electron chi connectivity index (χ0n) is 11.8. The van der Waals surface area contributed by atoms with Gasteiger partial charge in [0.05, 0.1) is 5.92 Å². The first-order valence-corrected chi connectivity index (χ1v) is 6.67. The third-order valence-corrected chi connectivity index (χ3v) is 3.81. The van der Waals surface area contributed by atoms with E-state index in [1.807, 2.05) is 26.2 Å². The molecule has 0 spiro atoms. The average molecular weight is 259 g/mol. The number of nitrogens with zero attached hydrogens (tertiary/aromatic N) is 1. The number of hydrogen-bond acceptors (Lipinski definition) is 2. The molecule has 1 N–H and O–H groups in total. The van der Waals surface area contributed by atoms with E-state index < -0.39 is 5.97 Å². The summed E-state index contributed by atoms with van der Waals surface area (Å²) < 4.78 is 0. The van der Waals surface area contributed by atoms with Gasteiger partial charge in [0.1, 0.15) is 0 Å². The van der Waals surface area contributed by atoms with Gasteiger partial charge in [0.15, 0.2) is 0 Å². The van der Waals surface area contributed by atoms with E-state index in [9.17, 15) is 9.90 Å². The average Bonchev–Trinajstić information content (AvgIpc) is 2.73. The van der Waals surface area contributed by atoms with Crippen molar-refractivity contribution in [3.8, 4) is 0 Å². The predicted molar refractivity (Wildman–Crippen MR) is 77.1 cm³/mol. The van der Waals surface area contributed by atoms with Crippen molar-refractivity contribution in [3.63, 3.8) is 0 Å². The molecule has 102 valence electrons. The summed E-state index contributed by atoms with van der Waals surface area (Å²) in [5, 5.41) is 9.33. The molecule has 2 rings (SSSR count). The van der Waals surface area contributed by atoms with Crippen molar-refractivity contribution in [1.82, 2.24) is 4.90 Å². The van der Waals surface area contributed by atoms with Crippen molar-refractivity contribution in [2.45, 2.75) is 19.3 Å². The Morgan fingerprint density at radius 1 is 1.37 bits per heavy atom. The maximum Gasteiger partial charge on any atom is 0.307 e. The van der Waals surface area contributed by atoms with Gasteiger partial charge in [-0.2, -0.15) is 0 Å². The molecule has 0 radical (unpaired) electrons. The van der Waals surface area contributed by atoms with Gasteiger partial charge >= 0.3 is 5.97 Å². The van der Waals surface area contributed by atoms with Gasteiger partial charge in [-0.15, -0.1) is 0 Å². The first kappa shape index (κ1) is 13.8. The minimum atomic E-state index is -0.725. The van der Waals surface area contributed by atoms with Crippen molar-refractivity contribution in [2.24, 2.45) is 5.92 Å². The van der Waals surface area contributed by atoms with Crippen molar-refractivity contribution >= 4 is 12.0 Å². The number of hydrogen-bond donors (Lipinski definition) is 1. The lowest BCUT2D eigenvalue weighted by Gasteiger charge is -2.22. The van der Waals surface area contributed by atoms with E-state index in [-0.39, 0.29) is 11.8 Å². The molecule has 0 saturated carbocycles. The van der Waals surface area contributed by atoms with E-state index in [2.05, 4.69) is 23.1 Å². The second-order valence-electron chi connectivity index (χ2n) is 5.51. The van der Waals surface area contributed by atoms with Crippen molar-refractivity contribution in [1.29, 1.82) is 0 Å². The molecule has 0 saturated heterocycles. The molecule has 1 aliphatic rings. The van der Waals surface area contributed by atoms with Crippen molar-refractivity contribution < 1.29 is 9.90 Å². The molecule has 1 aromatic carbocycles. The molecule has 3 nitrogen and oxygen atoms in total. The first-order valence-electron chi connectivity index (χ1n) is 6.67. The number of rotatable bonds is 5. The minimum Gasteiger partial charge on any atom is -0.481 e. The molecule has 0 aromatic heterocycles. The van der Waals surface area contributed by atoms with Crippen LogP contribution in [0.4, 0.5) is 0 Å². The Kier molecular flexibility index (Phi) is 4.05. The lowest BCUT2D eigenvalue weighted by molar-refractivity contribution is -0.141. The van der Waals surface area contributed by atoms with Crippen LogP contribution < -0.4 is 0 Å². The van der Waals surface area contributed by atoms with Gasteiger partial charge in [-0.3, -0.25) is 4.79 Å². The molecular formula is C16H21NO2. The highest BCUT2D eigenvalue weighted by atomic mass is 16.4. The van der Waals surface area contributed by atoms with Crippen LogP contribution in [0.3, 0.4) is 0 Å². The van der Waals surface area contributed by atoms with Crippen LogP contribution in [0.15, 0.2) is 29.8 Å². The second kappa shape index (κ2) is 5.57. The predicted octanol–water partition coefficient (Wildman–Crippen LogP) is 2.84. The van der Waals surface area contributed by atoms with Gasteiger partial charge in [-0.25, -0.2) is 0 Å². The quantitative estimate of drug-likeness (QED) is 0.884. The monoisotopic (exact) mass is 259 g/mol. The summed E-state index contributed by atoms with van der Waals surface area (Å²) >= 11 is 0. The Hall–Kier alpha value is -1.61. The summed E-state index contributed by atoms with van der Waals surface area (Å²) in [4.78, 5) is 13.5. The molecule has 0 heterocycles. The standard InChI is InChI=1S/C16H21NO2/c1-11(16(18)19)15-13(8-9-17(2)3)10-12-6-4-5-7-14(12)15/h4-7,10-11,15H,8-9H2,1-3H3,(H,18,19). The molecule has 19 heavy (non-hydrogen) atoms. The second-order valence-corrected chi connectivity index (χ2v) is 5.51. The molecule has 2 unspecified atom stereocenters. The fourth-order valence-electron chi connectivity index (χ4n) is 2.73. The summed E-state index contributed by atoms with van der Waals surface area (Å²) in [7, 11) is 4.08. The number of carboxylic acid groups (broad SMARTS) is 1. The summed E-state index contributed by atoms with van der Waals surface area (Å²) in [6.45, 7) is 2.75. The Morgan fingerprint density at radius 2 is 2.05 bits per heavy atom. The lowest BCUT2D eigenvalue weighted by Crippen LogP contribution is -2.21. The van der Waals surface area contributed by atoms with E-state index in [4.69, 9.17) is 0 Å². The topological polar surface area (TPSA) is 40.5 Å².